The highest BCUT2D eigenvalue weighted by atomic mass is 32.1. The zero-order valence-electron chi connectivity index (χ0n) is 11.4. The number of thiophene rings is 1. The van der Waals surface area contributed by atoms with Crippen molar-refractivity contribution in [3.8, 4) is 5.75 Å². The van der Waals surface area contributed by atoms with Crippen LogP contribution in [0.3, 0.4) is 0 Å². The second-order valence-corrected chi connectivity index (χ2v) is 5.51. The summed E-state index contributed by atoms with van der Waals surface area (Å²) >= 11 is 1.56. The van der Waals surface area contributed by atoms with E-state index in [4.69, 9.17) is 9.84 Å². The fourth-order valence-corrected chi connectivity index (χ4v) is 2.51. The van der Waals surface area contributed by atoms with Gasteiger partial charge in [-0.15, -0.1) is 11.3 Å². The molecule has 0 aliphatic heterocycles. The third-order valence-electron chi connectivity index (χ3n) is 3.03. The van der Waals surface area contributed by atoms with Crippen molar-refractivity contribution in [2.24, 2.45) is 0 Å². The number of ether oxygens (including phenoxy) is 1. The van der Waals surface area contributed by atoms with Crippen molar-refractivity contribution >= 4 is 23.4 Å². The predicted molar refractivity (Wildman–Crippen MR) is 81.2 cm³/mol. The van der Waals surface area contributed by atoms with Gasteiger partial charge < -0.3 is 9.84 Å². The molecule has 0 saturated heterocycles. The number of hydrogen-bond acceptors (Lipinski definition) is 3. The molecule has 0 radical (unpaired) electrons. The Morgan fingerprint density at radius 3 is 2.80 bits per heavy atom. The summed E-state index contributed by atoms with van der Waals surface area (Å²) in [5.74, 6) is -0.119. The summed E-state index contributed by atoms with van der Waals surface area (Å²) in [5.41, 5.74) is 3.32. The Morgan fingerprint density at radius 2 is 2.10 bits per heavy atom. The van der Waals surface area contributed by atoms with Gasteiger partial charge in [-0.1, -0.05) is 6.07 Å². The molecule has 0 spiro atoms. The first-order valence-electron chi connectivity index (χ1n) is 6.23. The molecule has 1 aromatic heterocycles. The molecule has 0 unspecified atom stereocenters. The molecule has 0 amide bonds. The van der Waals surface area contributed by atoms with Gasteiger partial charge in [0.25, 0.3) is 0 Å². The van der Waals surface area contributed by atoms with Crippen LogP contribution in [-0.2, 0) is 11.4 Å². The third kappa shape index (κ3) is 3.71. The van der Waals surface area contributed by atoms with Crippen LogP contribution in [0.15, 0.2) is 35.7 Å². The van der Waals surface area contributed by atoms with Gasteiger partial charge in [-0.2, -0.15) is 0 Å². The van der Waals surface area contributed by atoms with E-state index >= 15 is 0 Å². The Kier molecular flexibility index (Phi) is 4.58. The van der Waals surface area contributed by atoms with E-state index in [2.05, 4.69) is 6.92 Å². The highest BCUT2D eigenvalue weighted by Crippen LogP contribution is 2.22. The molecular formula is C16H16O3S. The topological polar surface area (TPSA) is 46.5 Å². The molecule has 0 saturated carbocycles. The van der Waals surface area contributed by atoms with Gasteiger partial charge >= 0.3 is 5.97 Å². The number of hydrogen-bond donors (Lipinski definition) is 1. The van der Waals surface area contributed by atoms with E-state index < -0.39 is 5.97 Å². The van der Waals surface area contributed by atoms with Crippen LogP contribution in [0.25, 0.3) is 6.08 Å². The lowest BCUT2D eigenvalue weighted by molar-refractivity contribution is -0.131. The summed E-state index contributed by atoms with van der Waals surface area (Å²) < 4.78 is 5.76. The van der Waals surface area contributed by atoms with Gasteiger partial charge in [0.2, 0.25) is 0 Å². The van der Waals surface area contributed by atoms with E-state index in [1.165, 1.54) is 11.1 Å². The molecule has 0 bridgehead atoms. The van der Waals surface area contributed by atoms with Crippen molar-refractivity contribution in [1.29, 1.82) is 0 Å². The first-order valence-corrected chi connectivity index (χ1v) is 7.11. The third-order valence-corrected chi connectivity index (χ3v) is 3.94. The first kappa shape index (κ1) is 14.3. The van der Waals surface area contributed by atoms with Crippen LogP contribution in [0.4, 0.5) is 0 Å². The number of aliphatic carboxylic acids is 1. The monoisotopic (exact) mass is 288 g/mol. The van der Waals surface area contributed by atoms with Crippen molar-refractivity contribution in [3.05, 3.63) is 57.3 Å². The normalized spacial score (nSPS) is 10.9. The van der Waals surface area contributed by atoms with Crippen molar-refractivity contribution < 1.29 is 14.6 Å². The average molecular weight is 288 g/mol. The SMILES string of the molecule is Cc1ccc(OCc2sccc2C=CC(=O)O)cc1C. The zero-order chi connectivity index (χ0) is 14.5. The molecule has 1 N–H and O–H groups in total. The first-order chi connectivity index (χ1) is 9.56. The number of benzene rings is 1. The van der Waals surface area contributed by atoms with E-state index in [1.54, 1.807) is 17.4 Å². The van der Waals surface area contributed by atoms with E-state index in [9.17, 15) is 4.79 Å². The molecule has 1 heterocycles. The fraction of sp³-hybridized carbons (Fsp3) is 0.188. The lowest BCUT2D eigenvalue weighted by atomic mass is 10.1. The Bertz CT molecular complexity index is 641. The molecule has 2 rings (SSSR count). The number of carboxylic acid groups (broad SMARTS) is 1. The number of aryl methyl sites for hydroxylation is 2. The second-order valence-electron chi connectivity index (χ2n) is 4.51. The van der Waals surface area contributed by atoms with Crippen LogP contribution in [0.2, 0.25) is 0 Å². The zero-order valence-corrected chi connectivity index (χ0v) is 12.2. The van der Waals surface area contributed by atoms with E-state index in [0.717, 1.165) is 22.3 Å². The van der Waals surface area contributed by atoms with Gasteiger partial charge in [0.05, 0.1) is 0 Å². The van der Waals surface area contributed by atoms with Crippen LogP contribution >= 0.6 is 11.3 Å². The smallest absolute Gasteiger partial charge is 0.328 e. The van der Waals surface area contributed by atoms with E-state index in [1.807, 2.05) is 36.6 Å². The molecule has 1 aromatic carbocycles. The maximum atomic E-state index is 10.5. The quantitative estimate of drug-likeness (QED) is 0.845. The molecule has 0 aliphatic carbocycles. The Hall–Kier alpha value is -2.07. The van der Waals surface area contributed by atoms with Crippen molar-refractivity contribution in [3.63, 3.8) is 0 Å². The highest BCUT2D eigenvalue weighted by Gasteiger charge is 2.04. The molecule has 0 aliphatic rings. The molecule has 104 valence electrons. The van der Waals surface area contributed by atoms with Gasteiger partial charge in [0.1, 0.15) is 12.4 Å². The minimum Gasteiger partial charge on any atom is -0.488 e. The molecule has 20 heavy (non-hydrogen) atoms. The minimum atomic E-state index is -0.947. The summed E-state index contributed by atoms with van der Waals surface area (Å²) in [6.07, 6.45) is 2.74. The molecule has 0 fully saturated rings. The predicted octanol–water partition coefficient (Wildman–Crippen LogP) is 4.04. The highest BCUT2D eigenvalue weighted by molar-refractivity contribution is 7.10. The van der Waals surface area contributed by atoms with Crippen LogP contribution in [-0.4, -0.2) is 11.1 Å². The van der Waals surface area contributed by atoms with Crippen LogP contribution in [0.1, 0.15) is 21.6 Å². The van der Waals surface area contributed by atoms with E-state index in [0.29, 0.717) is 6.61 Å². The van der Waals surface area contributed by atoms with E-state index in [-0.39, 0.29) is 0 Å². The van der Waals surface area contributed by atoms with Gasteiger partial charge in [0.15, 0.2) is 0 Å². The Labute approximate surface area is 122 Å². The molecule has 3 nitrogen and oxygen atoms in total. The fourth-order valence-electron chi connectivity index (χ4n) is 1.73. The van der Waals surface area contributed by atoms with Crippen molar-refractivity contribution in [1.82, 2.24) is 0 Å². The lowest BCUT2D eigenvalue weighted by Gasteiger charge is -2.08. The lowest BCUT2D eigenvalue weighted by Crippen LogP contribution is -1.95. The largest absolute Gasteiger partial charge is 0.488 e. The molecule has 4 heteroatoms. The summed E-state index contributed by atoms with van der Waals surface area (Å²) in [6.45, 7) is 4.56. The summed E-state index contributed by atoms with van der Waals surface area (Å²) in [5, 5.41) is 10.6. The van der Waals surface area contributed by atoms with Gasteiger partial charge in [-0.05, 0) is 60.2 Å². The number of carbonyl (C=O) groups is 1. The second kappa shape index (κ2) is 6.39. The maximum absolute atomic E-state index is 10.5. The van der Waals surface area contributed by atoms with Crippen molar-refractivity contribution in [2.75, 3.05) is 0 Å². The van der Waals surface area contributed by atoms with Crippen LogP contribution < -0.4 is 4.74 Å². The van der Waals surface area contributed by atoms with Crippen LogP contribution in [0, 0.1) is 13.8 Å². The average Bonchev–Trinajstić information content (AvgIpc) is 2.85. The maximum Gasteiger partial charge on any atom is 0.328 e. The minimum absolute atomic E-state index is 0.444. The van der Waals surface area contributed by atoms with Gasteiger partial charge in [-0.3, -0.25) is 0 Å². The summed E-state index contributed by atoms with van der Waals surface area (Å²) in [7, 11) is 0. The summed E-state index contributed by atoms with van der Waals surface area (Å²) in [6, 6.07) is 7.88. The number of rotatable bonds is 5. The standard InChI is InChI=1S/C16H16O3S/c1-11-3-5-14(9-12(11)2)19-10-15-13(7-8-20-15)4-6-16(17)18/h3-9H,10H2,1-2H3,(H,17,18). The molecular weight excluding hydrogens is 272 g/mol. The van der Waals surface area contributed by atoms with Gasteiger partial charge in [-0.25, -0.2) is 4.79 Å². The molecule has 0 atom stereocenters. The Balaban J connectivity index is 2.05. The van der Waals surface area contributed by atoms with Crippen molar-refractivity contribution in [2.45, 2.75) is 20.5 Å². The summed E-state index contributed by atoms with van der Waals surface area (Å²) in [4.78, 5) is 11.6. The molecule has 2 aromatic rings. The Morgan fingerprint density at radius 1 is 1.30 bits per heavy atom. The van der Waals surface area contributed by atoms with Crippen LogP contribution in [0.5, 0.6) is 5.75 Å². The number of carboxylic acids is 1. The van der Waals surface area contributed by atoms with Gasteiger partial charge in [0, 0.05) is 11.0 Å².